The van der Waals surface area contributed by atoms with Crippen molar-refractivity contribution in [1.82, 2.24) is 9.78 Å². The molecule has 1 aliphatic rings. The Morgan fingerprint density at radius 1 is 1.21 bits per heavy atom. The highest BCUT2D eigenvalue weighted by Gasteiger charge is 2.52. The van der Waals surface area contributed by atoms with Crippen molar-refractivity contribution in [2.75, 3.05) is 7.11 Å². The first-order chi connectivity index (χ1) is 15.5. The van der Waals surface area contributed by atoms with E-state index in [0.29, 0.717) is 0 Å². The molecule has 0 bridgehead atoms. The Hall–Kier alpha value is -2.84. The second-order valence-corrected chi connectivity index (χ2v) is 9.19. The van der Waals surface area contributed by atoms with Crippen LogP contribution in [0.5, 0.6) is 5.88 Å². The topological polar surface area (TPSA) is 87.5 Å². The van der Waals surface area contributed by atoms with Crippen LogP contribution in [0.25, 0.3) is 0 Å². The zero-order valence-electron chi connectivity index (χ0n) is 17.6. The van der Waals surface area contributed by atoms with E-state index in [9.17, 15) is 43.9 Å². The minimum absolute atomic E-state index is 0.00409. The number of methoxy groups -OCH3 is 1. The van der Waals surface area contributed by atoms with Crippen molar-refractivity contribution >= 4 is 16.1 Å². The Morgan fingerprint density at radius 3 is 2.41 bits per heavy atom. The lowest BCUT2D eigenvalue weighted by Crippen LogP contribution is -2.43. The number of fused-ring (bicyclic) bond motifs is 1. The van der Waals surface area contributed by atoms with Gasteiger partial charge in [0.15, 0.2) is 0 Å². The Labute approximate surface area is 188 Å². The number of halogens is 7. The van der Waals surface area contributed by atoms with Gasteiger partial charge in [0.1, 0.15) is 12.4 Å². The highest BCUT2D eigenvalue weighted by molar-refractivity contribution is 7.87. The van der Waals surface area contributed by atoms with Crippen LogP contribution in [0.2, 0.25) is 0 Å². The van der Waals surface area contributed by atoms with Gasteiger partial charge in [-0.15, -0.1) is 5.10 Å². The van der Waals surface area contributed by atoms with Gasteiger partial charge in [0.25, 0.3) is 5.88 Å². The Balaban J connectivity index is 2.22. The van der Waals surface area contributed by atoms with Gasteiger partial charge in [0.05, 0.1) is 12.5 Å². The first kappa shape index (κ1) is 25.8. The van der Waals surface area contributed by atoms with Crippen molar-refractivity contribution in [3.05, 3.63) is 46.4 Å². The van der Waals surface area contributed by atoms with E-state index < -0.39 is 63.4 Å². The lowest BCUT2D eigenvalue weighted by molar-refractivity contribution is -0.149. The molecule has 2 aromatic rings. The Morgan fingerprint density at radius 2 is 1.85 bits per heavy atom. The molecule has 0 saturated carbocycles. The van der Waals surface area contributed by atoms with Crippen LogP contribution in [0.1, 0.15) is 28.8 Å². The van der Waals surface area contributed by atoms with Gasteiger partial charge in [-0.2, -0.15) is 34.8 Å². The van der Waals surface area contributed by atoms with E-state index in [4.69, 9.17) is 4.74 Å². The molecule has 0 radical (unpaired) electrons. The fourth-order valence-electron chi connectivity index (χ4n) is 4.04. The van der Waals surface area contributed by atoms with Crippen LogP contribution in [-0.2, 0) is 44.5 Å². The summed E-state index contributed by atoms with van der Waals surface area (Å²) < 4.78 is 124. The van der Waals surface area contributed by atoms with Crippen LogP contribution in [0.3, 0.4) is 0 Å². The Bertz CT molecular complexity index is 1220. The Kier molecular flexibility index (Phi) is 6.39. The highest BCUT2D eigenvalue weighted by atomic mass is 32.2. The van der Waals surface area contributed by atoms with Crippen molar-refractivity contribution in [2.45, 2.75) is 49.8 Å². The second-order valence-electron chi connectivity index (χ2n) is 7.65. The van der Waals surface area contributed by atoms with Gasteiger partial charge >= 0.3 is 27.8 Å². The lowest BCUT2D eigenvalue weighted by Gasteiger charge is -2.36. The molecule has 34 heavy (non-hydrogen) atoms. The number of aromatic nitrogens is 2. The van der Waals surface area contributed by atoms with Crippen LogP contribution in [0.4, 0.5) is 30.7 Å². The number of rotatable bonds is 5. The first-order valence-corrected chi connectivity index (χ1v) is 10.9. The monoisotopic (exact) mass is 518 g/mol. The summed E-state index contributed by atoms with van der Waals surface area (Å²) in [6.07, 6.45) is -6.05. The molecule has 0 spiro atoms. The molecule has 0 N–H and O–H groups in total. The molecular formula is C19H17F7N2O5S. The van der Waals surface area contributed by atoms with Crippen molar-refractivity contribution in [3.8, 4) is 5.88 Å². The summed E-state index contributed by atoms with van der Waals surface area (Å²) in [5.41, 5.74) is -8.28. The van der Waals surface area contributed by atoms with E-state index in [1.807, 2.05) is 0 Å². The van der Waals surface area contributed by atoms with E-state index in [2.05, 4.69) is 9.28 Å². The van der Waals surface area contributed by atoms with Gasteiger partial charge < -0.3 is 8.92 Å². The predicted molar refractivity (Wildman–Crippen MR) is 101 cm³/mol. The molecule has 0 amide bonds. The maximum atomic E-state index is 14.3. The van der Waals surface area contributed by atoms with Crippen LogP contribution in [0.15, 0.2) is 18.2 Å². The third-order valence-corrected chi connectivity index (χ3v) is 6.50. The van der Waals surface area contributed by atoms with Gasteiger partial charge in [-0.05, 0) is 43.4 Å². The zero-order chi connectivity index (χ0) is 25.7. The summed E-state index contributed by atoms with van der Waals surface area (Å²) in [6, 6.07) is 3.74. The molecule has 15 heteroatoms. The normalized spacial score (nSPS) is 19.0. The minimum atomic E-state index is -6.29. The molecule has 1 heterocycles. The number of ether oxygens (including phenoxy) is 1. The molecule has 7 nitrogen and oxygen atoms in total. The van der Waals surface area contributed by atoms with Gasteiger partial charge in [-0.25, -0.2) is 4.39 Å². The smallest absolute Gasteiger partial charge is 0.468 e. The molecule has 1 atom stereocenters. The van der Waals surface area contributed by atoms with Crippen LogP contribution in [0, 0.1) is 12.7 Å². The molecule has 1 aromatic carbocycles. The third-order valence-electron chi connectivity index (χ3n) is 5.56. The SMILES string of the molecule is COC(=O)C1(c2cccc(F)c2C)CCc2c(c(OS(=O)(=O)C(F)(F)F)nn2CC(F)(F)F)C1. The summed E-state index contributed by atoms with van der Waals surface area (Å²) in [5.74, 6) is -2.91. The quantitative estimate of drug-likeness (QED) is 0.260. The molecule has 188 valence electrons. The fourth-order valence-corrected chi connectivity index (χ4v) is 4.48. The molecule has 0 aliphatic heterocycles. The van der Waals surface area contributed by atoms with Gasteiger partial charge in [0, 0.05) is 11.3 Å². The number of nitrogens with zero attached hydrogens (tertiary/aromatic N) is 2. The van der Waals surface area contributed by atoms with E-state index in [1.165, 1.54) is 19.1 Å². The number of hydrogen-bond donors (Lipinski definition) is 0. The third kappa shape index (κ3) is 4.57. The average Bonchev–Trinajstić information content (AvgIpc) is 3.02. The maximum absolute atomic E-state index is 14.3. The number of carbonyl (C=O) groups excluding carboxylic acids is 1. The van der Waals surface area contributed by atoms with E-state index >= 15 is 0 Å². The lowest BCUT2D eigenvalue weighted by atomic mass is 9.67. The summed E-state index contributed by atoms with van der Waals surface area (Å²) in [4.78, 5) is 12.9. The molecule has 1 unspecified atom stereocenters. The fraction of sp³-hybridized carbons (Fsp3) is 0.474. The van der Waals surface area contributed by atoms with E-state index in [-0.39, 0.29) is 34.3 Å². The molecular weight excluding hydrogens is 501 g/mol. The predicted octanol–water partition coefficient (Wildman–Crippen LogP) is 3.72. The highest BCUT2D eigenvalue weighted by Crippen LogP contribution is 2.45. The number of esters is 1. The number of carbonyl (C=O) groups is 1. The summed E-state index contributed by atoms with van der Waals surface area (Å²) >= 11 is 0. The standard InChI is InChI=1S/C19H17F7N2O5S/c1-10-12(4-3-5-13(10)20)17(16(29)32-2)7-6-14-11(8-17)15(27-28(14)9-18(21,22)23)33-34(30,31)19(24,25)26/h3-5H,6-9H2,1-2H3. The van der Waals surface area contributed by atoms with Crippen molar-refractivity contribution in [2.24, 2.45) is 0 Å². The van der Waals surface area contributed by atoms with Crippen LogP contribution >= 0.6 is 0 Å². The average molecular weight is 518 g/mol. The molecule has 1 aliphatic carbocycles. The summed E-state index contributed by atoms with van der Waals surface area (Å²) in [6.45, 7) is -0.404. The largest absolute Gasteiger partial charge is 0.534 e. The van der Waals surface area contributed by atoms with Crippen LogP contribution < -0.4 is 4.18 Å². The van der Waals surface area contributed by atoms with Crippen molar-refractivity contribution in [1.29, 1.82) is 0 Å². The number of hydrogen-bond acceptors (Lipinski definition) is 6. The zero-order valence-corrected chi connectivity index (χ0v) is 18.4. The molecule has 0 fully saturated rings. The minimum Gasteiger partial charge on any atom is -0.468 e. The summed E-state index contributed by atoms with van der Waals surface area (Å²) in [5, 5.41) is 3.33. The first-order valence-electron chi connectivity index (χ1n) is 9.52. The van der Waals surface area contributed by atoms with Gasteiger partial charge in [0.2, 0.25) is 0 Å². The molecule has 3 rings (SSSR count). The maximum Gasteiger partial charge on any atom is 0.534 e. The van der Waals surface area contributed by atoms with Crippen LogP contribution in [-0.4, -0.2) is 43.0 Å². The summed E-state index contributed by atoms with van der Waals surface area (Å²) in [7, 11) is -5.28. The van der Waals surface area contributed by atoms with E-state index in [0.717, 1.165) is 13.2 Å². The number of benzene rings is 1. The van der Waals surface area contributed by atoms with Gasteiger partial charge in [-0.1, -0.05) is 12.1 Å². The van der Waals surface area contributed by atoms with Crippen molar-refractivity contribution < 1.29 is 52.9 Å². The van der Waals surface area contributed by atoms with Crippen molar-refractivity contribution in [3.63, 3.8) is 0 Å². The van der Waals surface area contributed by atoms with Gasteiger partial charge in [-0.3, -0.25) is 9.48 Å². The van der Waals surface area contributed by atoms with E-state index in [1.54, 1.807) is 0 Å². The molecule has 1 aromatic heterocycles. The second kappa shape index (κ2) is 8.43. The molecule has 0 saturated heterocycles. The number of alkyl halides is 6.